The molecule has 0 saturated heterocycles. The Hall–Kier alpha value is -0.610. The quantitative estimate of drug-likeness (QED) is 0.613. The summed E-state index contributed by atoms with van der Waals surface area (Å²) in [7, 11) is 1.83. The van der Waals surface area contributed by atoms with Gasteiger partial charge in [0.15, 0.2) is 0 Å². The van der Waals surface area contributed by atoms with Crippen molar-refractivity contribution in [3.05, 3.63) is 0 Å². The van der Waals surface area contributed by atoms with Crippen LogP contribution in [0.2, 0.25) is 0 Å². The molecule has 0 bridgehead atoms. The molecule has 4 heteroatoms. The molecule has 2 N–H and O–H groups in total. The Morgan fingerprint density at radius 2 is 2.07 bits per heavy atom. The largest absolute Gasteiger partial charge is 0.389 e. The van der Waals surface area contributed by atoms with Gasteiger partial charge in [0.1, 0.15) is 0 Å². The van der Waals surface area contributed by atoms with Crippen LogP contribution in [-0.2, 0) is 4.79 Å². The van der Waals surface area contributed by atoms with Crippen molar-refractivity contribution in [3.8, 4) is 0 Å². The van der Waals surface area contributed by atoms with Gasteiger partial charge in [0.05, 0.1) is 12.1 Å². The van der Waals surface area contributed by atoms with Crippen LogP contribution in [0.15, 0.2) is 0 Å². The molecular formula is C11H24N2O2. The molecule has 0 aromatic rings. The minimum Gasteiger partial charge on any atom is -0.389 e. The molecule has 0 unspecified atom stereocenters. The van der Waals surface area contributed by atoms with Crippen molar-refractivity contribution >= 4 is 5.91 Å². The predicted octanol–water partition coefficient (Wildman–Crippen LogP) is 0.605. The number of amides is 1. The third-order valence-corrected chi connectivity index (χ3v) is 1.92. The van der Waals surface area contributed by atoms with Crippen LogP contribution in [0.3, 0.4) is 0 Å². The molecule has 0 spiro atoms. The summed E-state index contributed by atoms with van der Waals surface area (Å²) in [4.78, 5) is 13.2. The molecule has 4 nitrogen and oxygen atoms in total. The Balaban J connectivity index is 3.67. The molecule has 0 radical (unpaired) electrons. The molecule has 0 rings (SSSR count). The van der Waals surface area contributed by atoms with E-state index in [9.17, 15) is 9.90 Å². The average Bonchev–Trinajstić information content (AvgIpc) is 2.00. The molecule has 0 aliphatic carbocycles. The Morgan fingerprint density at radius 3 is 2.53 bits per heavy atom. The summed E-state index contributed by atoms with van der Waals surface area (Å²) in [5.74, 6) is 0.0233. The van der Waals surface area contributed by atoms with E-state index in [1.54, 1.807) is 13.8 Å². The van der Waals surface area contributed by atoms with Gasteiger partial charge in [-0.3, -0.25) is 9.69 Å². The van der Waals surface area contributed by atoms with E-state index in [2.05, 4.69) is 12.2 Å². The number of likely N-dealkylation sites (N-methyl/N-ethyl adjacent to an activating group) is 1. The van der Waals surface area contributed by atoms with Gasteiger partial charge in [0.25, 0.3) is 0 Å². The maximum Gasteiger partial charge on any atom is 0.234 e. The van der Waals surface area contributed by atoms with Crippen LogP contribution in [0.25, 0.3) is 0 Å². The number of aliphatic hydroxyl groups is 1. The maximum atomic E-state index is 11.4. The first-order valence-corrected chi connectivity index (χ1v) is 5.53. The first kappa shape index (κ1) is 14.4. The summed E-state index contributed by atoms with van der Waals surface area (Å²) >= 11 is 0. The fourth-order valence-corrected chi connectivity index (χ4v) is 1.42. The Bertz CT molecular complexity index is 188. The van der Waals surface area contributed by atoms with E-state index in [-0.39, 0.29) is 5.91 Å². The molecule has 0 atom stereocenters. The smallest absolute Gasteiger partial charge is 0.234 e. The van der Waals surface area contributed by atoms with E-state index in [0.29, 0.717) is 13.1 Å². The fraction of sp³-hybridized carbons (Fsp3) is 0.909. The van der Waals surface area contributed by atoms with Crippen molar-refractivity contribution in [2.24, 2.45) is 0 Å². The van der Waals surface area contributed by atoms with Crippen molar-refractivity contribution in [2.75, 3.05) is 26.7 Å². The van der Waals surface area contributed by atoms with Crippen LogP contribution < -0.4 is 5.32 Å². The van der Waals surface area contributed by atoms with Crippen LogP contribution in [0, 0.1) is 0 Å². The Kier molecular flexibility index (Phi) is 6.52. The normalized spacial score (nSPS) is 11.9. The van der Waals surface area contributed by atoms with Crippen LogP contribution >= 0.6 is 0 Å². The lowest BCUT2D eigenvalue weighted by atomic mass is 10.1. The Morgan fingerprint density at radius 1 is 1.47 bits per heavy atom. The van der Waals surface area contributed by atoms with E-state index in [1.165, 1.54) is 0 Å². The second kappa shape index (κ2) is 6.80. The fourth-order valence-electron chi connectivity index (χ4n) is 1.42. The first-order valence-electron chi connectivity index (χ1n) is 5.53. The predicted molar refractivity (Wildman–Crippen MR) is 61.7 cm³/mol. The van der Waals surface area contributed by atoms with Gasteiger partial charge in [0.2, 0.25) is 5.91 Å². The number of nitrogens with one attached hydrogen (secondary N) is 1. The molecule has 0 heterocycles. The number of carbonyl (C=O) groups is 1. The number of nitrogens with zero attached hydrogens (tertiary/aromatic N) is 1. The highest BCUT2D eigenvalue weighted by molar-refractivity contribution is 5.77. The van der Waals surface area contributed by atoms with Gasteiger partial charge >= 0.3 is 0 Å². The summed E-state index contributed by atoms with van der Waals surface area (Å²) in [5.41, 5.74) is -0.752. The van der Waals surface area contributed by atoms with Crippen molar-refractivity contribution in [3.63, 3.8) is 0 Å². The van der Waals surface area contributed by atoms with Gasteiger partial charge in [-0.2, -0.15) is 0 Å². The minimum atomic E-state index is -0.752. The lowest BCUT2D eigenvalue weighted by molar-refractivity contribution is -0.122. The highest BCUT2D eigenvalue weighted by Gasteiger charge is 2.16. The standard InChI is InChI=1S/C11H24N2O2/c1-5-6-7-12-10(14)8-13(4)9-11(2,3)15/h15H,5-9H2,1-4H3,(H,12,14). The van der Waals surface area contributed by atoms with E-state index in [1.807, 2.05) is 11.9 Å². The van der Waals surface area contributed by atoms with E-state index in [0.717, 1.165) is 19.4 Å². The molecule has 0 aromatic carbocycles. The van der Waals surface area contributed by atoms with E-state index >= 15 is 0 Å². The van der Waals surface area contributed by atoms with Crippen LogP contribution in [-0.4, -0.2) is 48.2 Å². The number of hydrogen-bond acceptors (Lipinski definition) is 3. The Labute approximate surface area is 92.7 Å². The number of unbranched alkanes of at least 4 members (excludes halogenated alkanes) is 1. The third-order valence-electron chi connectivity index (χ3n) is 1.92. The topological polar surface area (TPSA) is 52.6 Å². The van der Waals surface area contributed by atoms with Crippen molar-refractivity contribution in [1.82, 2.24) is 10.2 Å². The number of rotatable bonds is 7. The number of carbonyl (C=O) groups excluding carboxylic acids is 1. The van der Waals surface area contributed by atoms with E-state index < -0.39 is 5.60 Å². The highest BCUT2D eigenvalue weighted by atomic mass is 16.3. The second-order valence-electron chi connectivity index (χ2n) is 4.69. The maximum absolute atomic E-state index is 11.4. The summed E-state index contributed by atoms with van der Waals surface area (Å²) in [6.45, 7) is 7.14. The van der Waals surface area contributed by atoms with Crippen molar-refractivity contribution < 1.29 is 9.90 Å². The average molecular weight is 216 g/mol. The lowest BCUT2D eigenvalue weighted by Gasteiger charge is -2.24. The second-order valence-corrected chi connectivity index (χ2v) is 4.69. The molecule has 90 valence electrons. The zero-order valence-electron chi connectivity index (χ0n) is 10.3. The van der Waals surface area contributed by atoms with Gasteiger partial charge < -0.3 is 10.4 Å². The third kappa shape index (κ3) is 9.69. The summed E-state index contributed by atoms with van der Waals surface area (Å²) in [5, 5.41) is 12.4. The highest BCUT2D eigenvalue weighted by Crippen LogP contribution is 2.02. The molecule has 15 heavy (non-hydrogen) atoms. The van der Waals surface area contributed by atoms with Gasteiger partial charge in [-0.05, 0) is 27.3 Å². The van der Waals surface area contributed by atoms with E-state index in [4.69, 9.17) is 0 Å². The minimum absolute atomic E-state index is 0.0233. The first-order chi connectivity index (χ1) is 6.85. The van der Waals surface area contributed by atoms with Crippen LogP contribution in [0.1, 0.15) is 33.6 Å². The summed E-state index contributed by atoms with van der Waals surface area (Å²) in [6, 6.07) is 0. The molecule has 0 aliphatic rings. The van der Waals surface area contributed by atoms with Crippen LogP contribution in [0.4, 0.5) is 0 Å². The van der Waals surface area contributed by atoms with Crippen LogP contribution in [0.5, 0.6) is 0 Å². The molecule has 0 aliphatic heterocycles. The number of hydrogen-bond donors (Lipinski definition) is 2. The zero-order valence-corrected chi connectivity index (χ0v) is 10.3. The van der Waals surface area contributed by atoms with Crippen molar-refractivity contribution in [1.29, 1.82) is 0 Å². The lowest BCUT2D eigenvalue weighted by Crippen LogP contribution is -2.42. The summed E-state index contributed by atoms with van der Waals surface area (Å²) < 4.78 is 0. The molecule has 1 amide bonds. The van der Waals surface area contributed by atoms with Gasteiger partial charge in [-0.25, -0.2) is 0 Å². The summed E-state index contributed by atoms with van der Waals surface area (Å²) in [6.07, 6.45) is 2.10. The van der Waals surface area contributed by atoms with Crippen molar-refractivity contribution in [2.45, 2.75) is 39.2 Å². The molecule has 0 saturated carbocycles. The SMILES string of the molecule is CCCCNC(=O)CN(C)CC(C)(C)O. The zero-order chi connectivity index (χ0) is 11.9. The monoisotopic (exact) mass is 216 g/mol. The van der Waals surface area contributed by atoms with Gasteiger partial charge in [0, 0.05) is 13.1 Å². The molecule has 0 fully saturated rings. The molecule has 0 aromatic heterocycles. The van der Waals surface area contributed by atoms with Gasteiger partial charge in [-0.1, -0.05) is 13.3 Å². The van der Waals surface area contributed by atoms with Gasteiger partial charge in [-0.15, -0.1) is 0 Å². The molecular weight excluding hydrogens is 192 g/mol.